The molecule has 148 valence electrons. The highest BCUT2D eigenvalue weighted by molar-refractivity contribution is 6.08. The Kier molecular flexibility index (Phi) is 5.83. The van der Waals surface area contributed by atoms with Gasteiger partial charge in [0, 0.05) is 23.8 Å². The number of rotatable bonds is 5. The first kappa shape index (κ1) is 20.1. The van der Waals surface area contributed by atoms with Crippen LogP contribution < -0.4 is 0 Å². The van der Waals surface area contributed by atoms with Gasteiger partial charge in [-0.15, -0.1) is 0 Å². The minimum atomic E-state index is -0.417. The molecule has 0 N–H and O–H groups in total. The topological polar surface area (TPSA) is 74.3 Å². The molecule has 2 aliphatic rings. The molecule has 3 rings (SSSR count). The van der Waals surface area contributed by atoms with E-state index in [1.807, 2.05) is 28.1 Å². The normalized spacial score (nSPS) is 23.5. The van der Waals surface area contributed by atoms with Crippen molar-refractivity contribution in [3.63, 3.8) is 0 Å². The van der Waals surface area contributed by atoms with Gasteiger partial charge in [-0.2, -0.15) is 10.4 Å². The molecule has 6 nitrogen and oxygen atoms in total. The van der Waals surface area contributed by atoms with Crippen LogP contribution in [0.2, 0.25) is 0 Å². The van der Waals surface area contributed by atoms with Crippen LogP contribution in [-0.4, -0.2) is 38.9 Å². The summed E-state index contributed by atoms with van der Waals surface area (Å²) in [5.41, 5.74) is 3.22. The number of hydrogen-bond donors (Lipinski definition) is 0. The fraction of sp³-hybridized carbons (Fsp3) is 0.545. The van der Waals surface area contributed by atoms with Gasteiger partial charge in [0.1, 0.15) is 24.2 Å². The van der Waals surface area contributed by atoms with Crippen LogP contribution in [0.4, 0.5) is 0 Å². The Bertz CT molecular complexity index is 883. The van der Waals surface area contributed by atoms with Crippen molar-refractivity contribution in [3.05, 3.63) is 35.2 Å². The second-order valence-electron chi connectivity index (χ2n) is 8.00. The Labute approximate surface area is 167 Å². The lowest BCUT2D eigenvalue weighted by atomic mass is 9.88. The minimum absolute atomic E-state index is 0.134. The number of nitrogens with zero attached hydrogens (tertiary/aromatic N) is 5. The second-order valence-corrected chi connectivity index (χ2v) is 8.00. The molecule has 0 amide bonds. The summed E-state index contributed by atoms with van der Waals surface area (Å²) in [5, 5.41) is 14.2. The van der Waals surface area contributed by atoms with Crippen molar-refractivity contribution in [1.82, 2.24) is 14.7 Å². The maximum absolute atomic E-state index is 12.3. The number of aldehydes is 1. The predicted octanol–water partition coefficient (Wildman–Crippen LogP) is 4.14. The van der Waals surface area contributed by atoms with Crippen LogP contribution in [0.3, 0.4) is 0 Å². The monoisotopic (exact) mass is 379 g/mol. The second kappa shape index (κ2) is 8.14. The zero-order chi connectivity index (χ0) is 20.4. The molecule has 6 heteroatoms. The van der Waals surface area contributed by atoms with Crippen molar-refractivity contribution in [2.45, 2.75) is 72.0 Å². The van der Waals surface area contributed by atoms with Crippen molar-refractivity contribution in [3.8, 4) is 6.07 Å². The van der Waals surface area contributed by atoms with Crippen LogP contribution in [0.25, 0.3) is 5.70 Å². The summed E-state index contributed by atoms with van der Waals surface area (Å²) in [4.78, 5) is 19.3. The van der Waals surface area contributed by atoms with E-state index < -0.39 is 6.04 Å². The Morgan fingerprint density at radius 2 is 2.14 bits per heavy atom. The number of fused-ring (bicyclic) bond motifs is 1. The van der Waals surface area contributed by atoms with Crippen molar-refractivity contribution < 1.29 is 4.79 Å². The standard InChI is InChI=1S/C22H29N5O/c1-6-15(4)26-12-18(11-24-26)21-20(14(2)3)19(13-28)27-16(5)8-7-9-17(10-23)22(27)25-21/h9,11-16,19H,6-8H2,1-5H3. The zero-order valence-corrected chi connectivity index (χ0v) is 17.4. The van der Waals surface area contributed by atoms with Gasteiger partial charge in [-0.1, -0.05) is 26.8 Å². The molecule has 0 bridgehead atoms. The van der Waals surface area contributed by atoms with Crippen molar-refractivity contribution >= 4 is 17.8 Å². The summed E-state index contributed by atoms with van der Waals surface area (Å²) >= 11 is 0. The van der Waals surface area contributed by atoms with Crippen LogP contribution in [0.5, 0.6) is 0 Å². The van der Waals surface area contributed by atoms with E-state index in [0.717, 1.165) is 42.4 Å². The summed E-state index contributed by atoms with van der Waals surface area (Å²) in [7, 11) is 0. The molecule has 28 heavy (non-hydrogen) atoms. The van der Waals surface area contributed by atoms with E-state index in [1.165, 1.54) is 0 Å². The molecule has 3 heterocycles. The molecule has 0 spiro atoms. The van der Waals surface area contributed by atoms with E-state index in [2.05, 4.69) is 45.8 Å². The molecule has 3 unspecified atom stereocenters. The molecule has 0 aromatic carbocycles. The lowest BCUT2D eigenvalue weighted by Gasteiger charge is -2.40. The number of allylic oxidation sites excluding steroid dienone is 1. The number of carbonyl (C=O) groups is 1. The fourth-order valence-electron chi connectivity index (χ4n) is 4.00. The molecule has 1 aromatic rings. The van der Waals surface area contributed by atoms with Gasteiger partial charge in [0.15, 0.2) is 0 Å². The molecule has 2 aliphatic heterocycles. The Hall–Kier alpha value is -2.68. The number of nitriles is 1. The Morgan fingerprint density at radius 1 is 1.39 bits per heavy atom. The van der Waals surface area contributed by atoms with Gasteiger partial charge < -0.3 is 9.69 Å². The highest BCUT2D eigenvalue weighted by atomic mass is 16.1. The first-order valence-electron chi connectivity index (χ1n) is 10.1. The zero-order valence-electron chi connectivity index (χ0n) is 17.4. The number of aliphatic imine (C=N–C) groups is 1. The van der Waals surface area contributed by atoms with Gasteiger partial charge >= 0.3 is 0 Å². The van der Waals surface area contributed by atoms with Crippen LogP contribution >= 0.6 is 0 Å². The van der Waals surface area contributed by atoms with E-state index in [9.17, 15) is 10.1 Å². The maximum Gasteiger partial charge on any atom is 0.148 e. The lowest BCUT2D eigenvalue weighted by molar-refractivity contribution is -0.110. The molecular weight excluding hydrogens is 350 g/mol. The summed E-state index contributed by atoms with van der Waals surface area (Å²) < 4.78 is 1.94. The van der Waals surface area contributed by atoms with Gasteiger partial charge in [0.2, 0.25) is 0 Å². The predicted molar refractivity (Wildman–Crippen MR) is 111 cm³/mol. The average Bonchev–Trinajstić information content (AvgIpc) is 3.12. The van der Waals surface area contributed by atoms with E-state index in [4.69, 9.17) is 4.99 Å². The summed E-state index contributed by atoms with van der Waals surface area (Å²) in [6, 6.07) is 2.29. The van der Waals surface area contributed by atoms with Crippen molar-refractivity contribution in [2.24, 2.45) is 10.9 Å². The summed E-state index contributed by atoms with van der Waals surface area (Å²) in [5.74, 6) is 0.757. The molecule has 0 saturated heterocycles. The molecule has 0 aliphatic carbocycles. The van der Waals surface area contributed by atoms with Crippen LogP contribution in [0, 0.1) is 17.2 Å². The third kappa shape index (κ3) is 3.42. The maximum atomic E-state index is 12.3. The van der Waals surface area contributed by atoms with Crippen molar-refractivity contribution in [1.29, 1.82) is 5.26 Å². The Morgan fingerprint density at radius 3 is 2.75 bits per heavy atom. The van der Waals surface area contributed by atoms with Gasteiger partial charge in [-0.05, 0) is 44.6 Å². The molecule has 0 radical (unpaired) electrons. The molecule has 1 aromatic heterocycles. The third-order valence-electron chi connectivity index (χ3n) is 5.79. The van der Waals surface area contributed by atoms with Crippen molar-refractivity contribution in [2.75, 3.05) is 0 Å². The lowest BCUT2D eigenvalue weighted by Crippen LogP contribution is -2.50. The van der Waals surface area contributed by atoms with Crippen LogP contribution in [-0.2, 0) is 4.79 Å². The summed E-state index contributed by atoms with van der Waals surface area (Å²) in [6.07, 6.45) is 9.45. The number of carbonyl (C=O) groups excluding carboxylic acids is 1. The highest BCUT2D eigenvalue weighted by Crippen LogP contribution is 2.37. The first-order valence-corrected chi connectivity index (χ1v) is 10.1. The quantitative estimate of drug-likeness (QED) is 0.721. The Balaban J connectivity index is 2.22. The SMILES string of the molecule is CCC(C)n1cc(C2=C(C(C)C)C(C=O)N3C(=N2)C(C#N)=CCCC3C)cn1. The van der Waals surface area contributed by atoms with E-state index in [1.54, 1.807) is 0 Å². The largest absolute Gasteiger partial charge is 0.339 e. The molecule has 0 fully saturated rings. The highest BCUT2D eigenvalue weighted by Gasteiger charge is 2.38. The molecular formula is C22H29N5O. The van der Waals surface area contributed by atoms with E-state index >= 15 is 0 Å². The van der Waals surface area contributed by atoms with E-state index in [-0.39, 0.29) is 12.0 Å². The van der Waals surface area contributed by atoms with Gasteiger partial charge in [-0.25, -0.2) is 4.99 Å². The number of hydrogen-bond acceptors (Lipinski definition) is 5. The van der Waals surface area contributed by atoms with Gasteiger partial charge in [0.05, 0.1) is 17.5 Å². The third-order valence-corrected chi connectivity index (χ3v) is 5.79. The minimum Gasteiger partial charge on any atom is -0.339 e. The molecule has 3 atom stereocenters. The van der Waals surface area contributed by atoms with Crippen LogP contribution in [0.1, 0.15) is 65.5 Å². The van der Waals surface area contributed by atoms with Gasteiger partial charge in [-0.3, -0.25) is 4.68 Å². The molecule has 0 saturated carbocycles. The number of amidine groups is 1. The van der Waals surface area contributed by atoms with E-state index in [0.29, 0.717) is 17.5 Å². The van der Waals surface area contributed by atoms with Crippen LogP contribution in [0.15, 0.2) is 34.6 Å². The summed E-state index contributed by atoms with van der Waals surface area (Å²) in [6.45, 7) is 10.5. The average molecular weight is 380 g/mol. The number of aromatic nitrogens is 2. The first-order chi connectivity index (χ1) is 13.4. The van der Waals surface area contributed by atoms with Gasteiger partial charge in [0.25, 0.3) is 0 Å². The fourth-order valence-corrected chi connectivity index (χ4v) is 4.00. The smallest absolute Gasteiger partial charge is 0.148 e.